The van der Waals surface area contributed by atoms with Gasteiger partial charge >= 0.3 is 0 Å². The van der Waals surface area contributed by atoms with Crippen molar-refractivity contribution in [3.63, 3.8) is 0 Å². The number of nitrogens with zero attached hydrogens (tertiary/aromatic N) is 2. The Morgan fingerprint density at radius 3 is 2.71 bits per heavy atom. The number of hydrogen-bond acceptors (Lipinski definition) is 3. The van der Waals surface area contributed by atoms with Gasteiger partial charge in [0.2, 0.25) is 11.8 Å². The molecule has 0 saturated carbocycles. The molecule has 3 rings (SSSR count). The predicted molar refractivity (Wildman–Crippen MR) is 80.0 cm³/mol. The van der Waals surface area contributed by atoms with Gasteiger partial charge in [-0.25, -0.2) is 0 Å². The van der Waals surface area contributed by atoms with Crippen LogP contribution in [0.3, 0.4) is 0 Å². The molecule has 112 valence electrons. The average molecular weight is 287 g/mol. The molecule has 1 N–H and O–H groups in total. The molecule has 1 unspecified atom stereocenters. The largest absolute Gasteiger partial charge is 0.339 e. The Morgan fingerprint density at radius 2 is 2.00 bits per heavy atom. The van der Waals surface area contributed by atoms with Crippen LogP contribution in [0.15, 0.2) is 24.3 Å². The number of hydrogen-bond donors (Lipinski definition) is 1. The minimum atomic E-state index is -0.0676. The van der Waals surface area contributed by atoms with Crippen LogP contribution in [0.5, 0.6) is 0 Å². The Labute approximate surface area is 124 Å². The first-order valence-corrected chi connectivity index (χ1v) is 7.48. The maximum Gasteiger partial charge on any atom is 0.242 e. The van der Waals surface area contributed by atoms with E-state index in [0.717, 1.165) is 38.2 Å². The summed E-state index contributed by atoms with van der Waals surface area (Å²) in [4.78, 5) is 28.0. The summed E-state index contributed by atoms with van der Waals surface area (Å²) in [7, 11) is 1.73. The van der Waals surface area contributed by atoms with E-state index in [2.05, 4.69) is 11.4 Å². The number of nitrogens with one attached hydrogen (secondary N) is 1. The molecule has 5 nitrogen and oxygen atoms in total. The lowest BCUT2D eigenvalue weighted by molar-refractivity contribution is -0.140. The summed E-state index contributed by atoms with van der Waals surface area (Å²) in [5, 5.41) is 3.22. The minimum Gasteiger partial charge on any atom is -0.339 e. The smallest absolute Gasteiger partial charge is 0.242 e. The summed E-state index contributed by atoms with van der Waals surface area (Å²) >= 11 is 0. The van der Waals surface area contributed by atoms with Crippen molar-refractivity contribution in [1.29, 1.82) is 0 Å². The summed E-state index contributed by atoms with van der Waals surface area (Å²) in [6.45, 7) is 3.30. The van der Waals surface area contributed by atoms with Crippen LogP contribution in [-0.4, -0.2) is 61.4 Å². The second-order valence-corrected chi connectivity index (χ2v) is 5.78. The molecule has 1 fully saturated rings. The molecule has 21 heavy (non-hydrogen) atoms. The number of carbonyl (C=O) groups is 2. The molecule has 1 aromatic carbocycles. The van der Waals surface area contributed by atoms with E-state index in [1.807, 2.05) is 23.1 Å². The number of carbonyl (C=O) groups excluding carboxylic acids is 2. The van der Waals surface area contributed by atoms with Gasteiger partial charge in [-0.2, -0.15) is 0 Å². The number of amides is 2. The average Bonchev–Trinajstić information content (AvgIpc) is 2.49. The van der Waals surface area contributed by atoms with Gasteiger partial charge in [0.1, 0.15) is 0 Å². The highest BCUT2D eigenvalue weighted by Crippen LogP contribution is 2.35. The quantitative estimate of drug-likeness (QED) is 0.865. The van der Waals surface area contributed by atoms with Gasteiger partial charge in [-0.15, -0.1) is 0 Å². The second-order valence-electron chi connectivity index (χ2n) is 5.78. The third-order valence-corrected chi connectivity index (χ3v) is 4.37. The van der Waals surface area contributed by atoms with E-state index in [4.69, 9.17) is 0 Å². The lowest BCUT2D eigenvalue weighted by Gasteiger charge is -2.33. The number of benzene rings is 1. The van der Waals surface area contributed by atoms with Gasteiger partial charge in [0.05, 0.1) is 12.5 Å². The number of rotatable bonds is 3. The topological polar surface area (TPSA) is 52.7 Å². The molecule has 1 aromatic rings. The maximum absolute atomic E-state index is 12.4. The third-order valence-electron chi connectivity index (χ3n) is 4.37. The molecule has 2 amide bonds. The normalized spacial score (nSPS) is 20.4. The Hall–Kier alpha value is -1.88. The highest BCUT2D eigenvalue weighted by atomic mass is 16.2. The first-order chi connectivity index (χ1) is 10.2. The molecular formula is C16H21N3O2. The van der Waals surface area contributed by atoms with Crippen molar-refractivity contribution in [2.45, 2.75) is 12.3 Å². The van der Waals surface area contributed by atoms with Crippen molar-refractivity contribution < 1.29 is 9.59 Å². The second kappa shape index (κ2) is 5.85. The zero-order valence-electron chi connectivity index (χ0n) is 12.3. The highest BCUT2D eigenvalue weighted by Gasteiger charge is 2.34. The van der Waals surface area contributed by atoms with Crippen LogP contribution in [0.2, 0.25) is 0 Å². The number of fused-ring (bicyclic) bond motifs is 1. The van der Waals surface area contributed by atoms with Crippen LogP contribution in [0.1, 0.15) is 17.0 Å². The molecule has 5 heteroatoms. The van der Waals surface area contributed by atoms with Crippen molar-refractivity contribution in [3.05, 3.63) is 35.4 Å². The van der Waals surface area contributed by atoms with E-state index >= 15 is 0 Å². The SMILES string of the molecule is CN(CC(=O)N1CCNCC1)C(=O)C1Cc2ccccc21. The molecule has 1 saturated heterocycles. The molecule has 0 bridgehead atoms. The fraction of sp³-hybridized carbons (Fsp3) is 0.500. The number of likely N-dealkylation sites (N-methyl/N-ethyl adjacent to an activating group) is 1. The summed E-state index contributed by atoms with van der Waals surface area (Å²) < 4.78 is 0. The molecule has 0 radical (unpaired) electrons. The lowest BCUT2D eigenvalue weighted by Crippen LogP contribution is -2.50. The van der Waals surface area contributed by atoms with Gasteiger partial charge in [-0.1, -0.05) is 24.3 Å². The van der Waals surface area contributed by atoms with Crippen LogP contribution in [0.4, 0.5) is 0 Å². The van der Waals surface area contributed by atoms with E-state index in [1.54, 1.807) is 11.9 Å². The molecule has 1 aliphatic carbocycles. The van der Waals surface area contributed by atoms with Gasteiger partial charge in [0.25, 0.3) is 0 Å². The van der Waals surface area contributed by atoms with Gasteiger partial charge < -0.3 is 15.1 Å². The first kappa shape index (κ1) is 14.1. The van der Waals surface area contributed by atoms with Crippen LogP contribution >= 0.6 is 0 Å². The maximum atomic E-state index is 12.4. The summed E-state index contributed by atoms with van der Waals surface area (Å²) in [5.41, 5.74) is 2.36. The highest BCUT2D eigenvalue weighted by molar-refractivity contribution is 5.90. The minimum absolute atomic E-state index is 0.0416. The summed E-state index contributed by atoms with van der Waals surface area (Å²) in [6.07, 6.45) is 0.793. The Bertz CT molecular complexity index is 552. The molecule has 0 spiro atoms. The monoisotopic (exact) mass is 287 g/mol. The molecule has 0 aromatic heterocycles. The predicted octanol–water partition coefficient (Wildman–Crippen LogP) is 0.217. The van der Waals surface area contributed by atoms with Gasteiger partial charge in [0, 0.05) is 33.2 Å². The van der Waals surface area contributed by atoms with Crippen molar-refractivity contribution in [1.82, 2.24) is 15.1 Å². The molecule has 2 aliphatic rings. The van der Waals surface area contributed by atoms with Crippen molar-refractivity contribution in [3.8, 4) is 0 Å². The Balaban J connectivity index is 1.57. The van der Waals surface area contributed by atoms with Crippen molar-refractivity contribution in [2.24, 2.45) is 0 Å². The fourth-order valence-corrected chi connectivity index (χ4v) is 3.04. The summed E-state index contributed by atoms with van der Waals surface area (Å²) in [5.74, 6) is 0.0270. The lowest BCUT2D eigenvalue weighted by atomic mass is 9.77. The van der Waals surface area contributed by atoms with Gasteiger partial charge in [-0.05, 0) is 17.5 Å². The van der Waals surface area contributed by atoms with E-state index in [9.17, 15) is 9.59 Å². The van der Waals surface area contributed by atoms with Gasteiger partial charge in [0.15, 0.2) is 0 Å². The zero-order chi connectivity index (χ0) is 14.8. The Kier molecular flexibility index (Phi) is 3.92. The molecule has 1 heterocycles. The van der Waals surface area contributed by atoms with E-state index in [0.29, 0.717) is 0 Å². The van der Waals surface area contributed by atoms with Crippen LogP contribution in [0.25, 0.3) is 0 Å². The van der Waals surface area contributed by atoms with Crippen LogP contribution in [-0.2, 0) is 16.0 Å². The van der Waals surface area contributed by atoms with Crippen molar-refractivity contribution >= 4 is 11.8 Å². The third kappa shape index (κ3) is 2.78. The zero-order valence-corrected chi connectivity index (χ0v) is 12.3. The van der Waals surface area contributed by atoms with E-state index in [1.165, 1.54) is 5.56 Å². The summed E-state index contributed by atoms with van der Waals surface area (Å²) in [6, 6.07) is 8.03. The Morgan fingerprint density at radius 1 is 1.29 bits per heavy atom. The van der Waals surface area contributed by atoms with Crippen LogP contribution < -0.4 is 5.32 Å². The standard InChI is InChI=1S/C16H21N3O2/c1-18(11-15(20)19-8-6-17-7-9-19)16(21)14-10-12-4-2-3-5-13(12)14/h2-5,14,17H,6-11H2,1H3. The van der Waals surface area contributed by atoms with E-state index < -0.39 is 0 Å². The van der Waals surface area contributed by atoms with Crippen molar-refractivity contribution in [2.75, 3.05) is 39.8 Å². The first-order valence-electron chi connectivity index (χ1n) is 7.48. The van der Waals surface area contributed by atoms with Gasteiger partial charge in [-0.3, -0.25) is 9.59 Å². The number of piperazine rings is 1. The van der Waals surface area contributed by atoms with Crippen LogP contribution in [0, 0.1) is 0 Å². The van der Waals surface area contributed by atoms with E-state index in [-0.39, 0.29) is 24.3 Å². The molecule has 1 atom stereocenters. The molecule has 1 aliphatic heterocycles. The molecular weight excluding hydrogens is 266 g/mol. The fourth-order valence-electron chi connectivity index (χ4n) is 3.04.